The maximum atomic E-state index is 9.12. The highest BCUT2D eigenvalue weighted by Crippen LogP contribution is 2.35. The van der Waals surface area contributed by atoms with Crippen LogP contribution in [0.5, 0.6) is 0 Å². The summed E-state index contributed by atoms with van der Waals surface area (Å²) in [6.45, 7) is 17.6. The molecule has 1 spiro atoms. The molecule has 0 aromatic carbocycles. The first kappa shape index (κ1) is 29.9. The number of hydrogen-bond acceptors (Lipinski definition) is 6. The SMILES string of the molecule is C=N/C(=C\C(CC[C@@H]1CCCN1C)=NC/C(C)=C(\CCC)C(=N)C1CCCCC1=C)N1CCNC2(CCC2)C1. The molecule has 2 atom stereocenters. The topological polar surface area (TPSA) is 67.1 Å². The Morgan fingerprint density at radius 1 is 1.15 bits per heavy atom. The molecule has 0 aromatic rings. The minimum absolute atomic E-state index is 0.222. The lowest BCUT2D eigenvalue weighted by molar-refractivity contribution is 0.0904. The second-order valence-corrected chi connectivity index (χ2v) is 12.6. The molecule has 4 fully saturated rings. The zero-order valence-electron chi connectivity index (χ0n) is 25.2. The Bertz CT molecular complexity index is 984. The Hall–Kier alpha value is -2.05. The first-order valence-electron chi connectivity index (χ1n) is 15.7. The van der Waals surface area contributed by atoms with Gasteiger partial charge in [-0.05, 0) is 109 Å². The van der Waals surface area contributed by atoms with Crippen molar-refractivity contribution in [1.82, 2.24) is 15.1 Å². The van der Waals surface area contributed by atoms with E-state index in [1.807, 2.05) is 0 Å². The number of nitrogens with one attached hydrogen (secondary N) is 2. The Labute approximate surface area is 238 Å². The van der Waals surface area contributed by atoms with Crippen LogP contribution in [-0.2, 0) is 0 Å². The number of rotatable bonds is 12. The molecular weight excluding hydrogens is 480 g/mol. The Balaban J connectivity index is 1.55. The summed E-state index contributed by atoms with van der Waals surface area (Å²) in [7, 11) is 2.26. The van der Waals surface area contributed by atoms with Gasteiger partial charge in [0.15, 0.2) is 0 Å². The fraction of sp³-hybridized carbons (Fsp3) is 0.727. The first-order valence-corrected chi connectivity index (χ1v) is 15.7. The third kappa shape index (κ3) is 7.58. The van der Waals surface area contributed by atoms with E-state index in [1.165, 1.54) is 68.2 Å². The van der Waals surface area contributed by atoms with Gasteiger partial charge in [-0.15, -0.1) is 0 Å². The number of nitrogens with zero attached hydrogens (tertiary/aromatic N) is 4. The monoisotopic (exact) mass is 534 g/mol. The van der Waals surface area contributed by atoms with Gasteiger partial charge >= 0.3 is 0 Å². The normalized spacial score (nSPS) is 26.9. The molecule has 2 aliphatic carbocycles. The summed E-state index contributed by atoms with van der Waals surface area (Å²) < 4.78 is 0. The van der Waals surface area contributed by atoms with Crippen molar-refractivity contribution in [3.63, 3.8) is 0 Å². The predicted molar refractivity (Wildman–Crippen MR) is 167 cm³/mol. The number of piperazine rings is 1. The standard InChI is InChI=1S/C33H54N6/c1-6-11-29(32(34)30-14-8-7-12-25(30)2)26(3)23-36-27(15-16-28-13-9-20-38(28)5)22-31(35-4)39-21-19-37-33(24-39)17-10-18-33/h22,28,30,34,37H,2,4,6-21,23-24H2,1,3,5H3/b29-26+,31-22+,34-32?,36-27?/t28-,30?/m0/s1. The molecule has 2 N–H and O–H groups in total. The molecule has 0 aromatic heterocycles. The van der Waals surface area contributed by atoms with Crippen molar-refractivity contribution in [3.8, 4) is 0 Å². The predicted octanol–water partition coefficient (Wildman–Crippen LogP) is 6.55. The van der Waals surface area contributed by atoms with Gasteiger partial charge in [0.1, 0.15) is 5.82 Å². The van der Waals surface area contributed by atoms with Gasteiger partial charge in [-0.3, -0.25) is 4.99 Å². The molecule has 2 saturated carbocycles. The number of allylic oxidation sites excluding steroid dienone is 3. The van der Waals surface area contributed by atoms with E-state index < -0.39 is 0 Å². The lowest BCUT2D eigenvalue weighted by Gasteiger charge is -2.50. The quantitative estimate of drug-likeness (QED) is 0.220. The van der Waals surface area contributed by atoms with E-state index in [-0.39, 0.29) is 11.5 Å². The summed E-state index contributed by atoms with van der Waals surface area (Å²) in [4.78, 5) is 14.7. The van der Waals surface area contributed by atoms with E-state index in [0.717, 1.165) is 75.4 Å². The maximum Gasteiger partial charge on any atom is 0.129 e. The van der Waals surface area contributed by atoms with Crippen LogP contribution in [0.1, 0.15) is 97.3 Å². The van der Waals surface area contributed by atoms with Crippen LogP contribution in [0.4, 0.5) is 0 Å². The van der Waals surface area contributed by atoms with Crippen molar-refractivity contribution in [2.75, 3.05) is 39.8 Å². The molecule has 0 radical (unpaired) electrons. The van der Waals surface area contributed by atoms with E-state index in [0.29, 0.717) is 12.6 Å². The van der Waals surface area contributed by atoms with Crippen LogP contribution in [0.3, 0.4) is 0 Å². The number of likely N-dealkylation sites (tertiary alicyclic amines) is 1. The molecule has 39 heavy (non-hydrogen) atoms. The molecule has 6 nitrogen and oxygen atoms in total. The fourth-order valence-corrected chi connectivity index (χ4v) is 7.11. The Morgan fingerprint density at radius 2 is 1.97 bits per heavy atom. The molecule has 2 saturated heterocycles. The zero-order valence-corrected chi connectivity index (χ0v) is 25.2. The molecule has 4 rings (SSSR count). The van der Waals surface area contributed by atoms with Crippen LogP contribution in [0, 0.1) is 11.3 Å². The number of hydrogen-bond donors (Lipinski definition) is 2. The summed E-state index contributed by atoms with van der Waals surface area (Å²) in [5, 5.41) is 12.9. The highest BCUT2D eigenvalue weighted by molar-refractivity contribution is 6.02. The third-order valence-corrected chi connectivity index (χ3v) is 9.81. The van der Waals surface area contributed by atoms with E-state index >= 15 is 0 Å². The average molecular weight is 535 g/mol. The molecule has 6 heteroatoms. The van der Waals surface area contributed by atoms with E-state index in [2.05, 4.69) is 60.4 Å². The second kappa shape index (κ2) is 14.0. The van der Waals surface area contributed by atoms with Crippen molar-refractivity contribution in [2.24, 2.45) is 15.9 Å². The van der Waals surface area contributed by atoms with Crippen LogP contribution >= 0.6 is 0 Å². The summed E-state index contributed by atoms with van der Waals surface area (Å²) in [6.07, 6.45) is 17.3. The van der Waals surface area contributed by atoms with Gasteiger partial charge in [0, 0.05) is 54.6 Å². The fourth-order valence-electron chi connectivity index (χ4n) is 7.11. The second-order valence-electron chi connectivity index (χ2n) is 12.6. The van der Waals surface area contributed by atoms with Gasteiger partial charge in [0.05, 0.1) is 6.54 Å². The average Bonchev–Trinajstić information content (AvgIpc) is 3.34. The Kier molecular flexibility index (Phi) is 10.8. The van der Waals surface area contributed by atoms with Gasteiger partial charge in [0.25, 0.3) is 0 Å². The molecule has 4 aliphatic rings. The van der Waals surface area contributed by atoms with Crippen LogP contribution < -0.4 is 5.32 Å². The lowest BCUT2D eigenvalue weighted by atomic mass is 9.75. The van der Waals surface area contributed by atoms with Crippen LogP contribution in [0.2, 0.25) is 0 Å². The molecular formula is C33H54N6. The van der Waals surface area contributed by atoms with E-state index in [4.69, 9.17) is 10.4 Å². The molecule has 0 bridgehead atoms. The van der Waals surface area contributed by atoms with E-state index in [1.54, 1.807) is 0 Å². The summed E-state index contributed by atoms with van der Waals surface area (Å²) in [5.41, 5.74) is 5.91. The lowest BCUT2D eigenvalue weighted by Crippen LogP contribution is -2.63. The van der Waals surface area contributed by atoms with Gasteiger partial charge in [-0.2, -0.15) is 0 Å². The van der Waals surface area contributed by atoms with Crippen molar-refractivity contribution in [2.45, 2.75) is 109 Å². The molecule has 216 valence electrons. The minimum Gasteiger partial charge on any atom is -0.353 e. The molecule has 0 amide bonds. The summed E-state index contributed by atoms with van der Waals surface area (Å²) >= 11 is 0. The molecule has 2 aliphatic heterocycles. The third-order valence-electron chi connectivity index (χ3n) is 9.81. The molecule has 2 heterocycles. The molecule has 1 unspecified atom stereocenters. The van der Waals surface area contributed by atoms with E-state index in [9.17, 15) is 0 Å². The van der Waals surface area contributed by atoms with Crippen molar-refractivity contribution in [3.05, 3.63) is 35.2 Å². The smallest absolute Gasteiger partial charge is 0.129 e. The first-order chi connectivity index (χ1) is 18.9. The van der Waals surface area contributed by atoms with Crippen LogP contribution in [0.25, 0.3) is 0 Å². The van der Waals surface area contributed by atoms with Crippen molar-refractivity contribution in [1.29, 1.82) is 5.41 Å². The maximum absolute atomic E-state index is 9.12. The Morgan fingerprint density at radius 3 is 2.62 bits per heavy atom. The van der Waals surface area contributed by atoms with Gasteiger partial charge in [-0.25, -0.2) is 4.99 Å². The zero-order chi connectivity index (χ0) is 27.8. The van der Waals surface area contributed by atoms with Crippen molar-refractivity contribution >= 4 is 18.1 Å². The highest BCUT2D eigenvalue weighted by Gasteiger charge is 2.40. The van der Waals surface area contributed by atoms with Crippen molar-refractivity contribution < 1.29 is 0 Å². The number of aliphatic imine (C=N–C) groups is 2. The van der Waals surface area contributed by atoms with Gasteiger partial charge in [0.2, 0.25) is 0 Å². The summed E-state index contributed by atoms with van der Waals surface area (Å²) in [6, 6.07) is 0.638. The highest BCUT2D eigenvalue weighted by atomic mass is 15.3. The van der Waals surface area contributed by atoms with Gasteiger partial charge < -0.3 is 20.5 Å². The van der Waals surface area contributed by atoms with Gasteiger partial charge in [-0.1, -0.05) is 31.9 Å². The summed E-state index contributed by atoms with van der Waals surface area (Å²) in [5.74, 6) is 1.20. The largest absolute Gasteiger partial charge is 0.353 e. The van der Waals surface area contributed by atoms with Crippen LogP contribution in [0.15, 0.2) is 45.2 Å². The van der Waals surface area contributed by atoms with Crippen LogP contribution in [-0.4, -0.2) is 79.3 Å². The minimum atomic E-state index is 0.222.